The fraction of sp³-hybridized carbons (Fsp3) is 0.611. The lowest BCUT2D eigenvalue weighted by atomic mass is 9.98. The molecule has 0 aromatic heterocycles. The summed E-state index contributed by atoms with van der Waals surface area (Å²) in [6.07, 6.45) is 2.18. The summed E-state index contributed by atoms with van der Waals surface area (Å²) in [5.41, 5.74) is 1.62. The lowest BCUT2D eigenvalue weighted by molar-refractivity contribution is 0.0621. The van der Waals surface area contributed by atoms with Crippen LogP contribution in [-0.4, -0.2) is 54.9 Å². The third-order valence-corrected chi connectivity index (χ3v) is 4.06. The quantitative estimate of drug-likeness (QED) is 0.757. The predicted molar refractivity (Wildman–Crippen MR) is 91.7 cm³/mol. The average molecular weight is 320 g/mol. The Labute approximate surface area is 138 Å². The summed E-state index contributed by atoms with van der Waals surface area (Å²) in [6.45, 7) is 6.95. The van der Waals surface area contributed by atoms with E-state index in [2.05, 4.69) is 5.32 Å². The Morgan fingerprint density at radius 1 is 1.48 bits per heavy atom. The van der Waals surface area contributed by atoms with Gasteiger partial charge in [-0.25, -0.2) is 0 Å². The first kappa shape index (κ1) is 17.8. The highest BCUT2D eigenvalue weighted by molar-refractivity contribution is 5.95. The summed E-state index contributed by atoms with van der Waals surface area (Å²) in [6, 6.07) is 7.59. The Hall–Kier alpha value is -1.59. The second-order valence-electron chi connectivity index (χ2n) is 6.37. The molecular weight excluding hydrogens is 292 g/mol. The average Bonchev–Trinajstić information content (AvgIpc) is 2.58. The van der Waals surface area contributed by atoms with Crippen molar-refractivity contribution in [3.63, 3.8) is 0 Å². The van der Waals surface area contributed by atoms with Crippen molar-refractivity contribution in [2.24, 2.45) is 5.92 Å². The second kappa shape index (κ2) is 8.89. The molecule has 2 rings (SSSR count). The number of anilines is 1. The highest BCUT2D eigenvalue weighted by Gasteiger charge is 2.24. The van der Waals surface area contributed by atoms with Crippen LogP contribution in [0, 0.1) is 5.92 Å². The third-order valence-electron chi connectivity index (χ3n) is 4.06. The minimum absolute atomic E-state index is 0.0465. The molecule has 1 aliphatic heterocycles. The topological polar surface area (TPSA) is 61.8 Å². The van der Waals surface area contributed by atoms with E-state index in [9.17, 15) is 9.90 Å². The van der Waals surface area contributed by atoms with Crippen LogP contribution < -0.4 is 5.32 Å². The summed E-state index contributed by atoms with van der Waals surface area (Å²) in [5.74, 6) is 0.257. The highest BCUT2D eigenvalue weighted by Crippen LogP contribution is 2.19. The molecule has 1 aromatic rings. The van der Waals surface area contributed by atoms with Gasteiger partial charge in [-0.1, -0.05) is 6.07 Å². The van der Waals surface area contributed by atoms with Gasteiger partial charge in [-0.05, 0) is 50.8 Å². The molecular formula is C18H28N2O3. The van der Waals surface area contributed by atoms with Gasteiger partial charge in [0.05, 0.1) is 12.7 Å². The first-order valence-electron chi connectivity index (χ1n) is 8.46. The lowest BCUT2D eigenvalue weighted by Gasteiger charge is -2.32. The van der Waals surface area contributed by atoms with E-state index >= 15 is 0 Å². The number of carbonyl (C=O) groups is 1. The van der Waals surface area contributed by atoms with Crippen molar-refractivity contribution in [1.82, 2.24) is 4.90 Å². The number of rotatable bonds is 7. The zero-order chi connectivity index (χ0) is 16.7. The van der Waals surface area contributed by atoms with Gasteiger partial charge in [0.25, 0.3) is 5.91 Å². The number of aliphatic hydroxyl groups excluding tert-OH is 1. The fourth-order valence-corrected chi connectivity index (χ4v) is 2.83. The van der Waals surface area contributed by atoms with Gasteiger partial charge in [-0.3, -0.25) is 4.79 Å². The van der Waals surface area contributed by atoms with Crippen molar-refractivity contribution >= 4 is 11.6 Å². The van der Waals surface area contributed by atoms with Crippen molar-refractivity contribution in [2.75, 3.05) is 38.2 Å². The van der Waals surface area contributed by atoms with E-state index < -0.39 is 0 Å². The van der Waals surface area contributed by atoms with Gasteiger partial charge in [0.15, 0.2) is 0 Å². The van der Waals surface area contributed by atoms with E-state index in [4.69, 9.17) is 4.74 Å². The Kier molecular flexibility index (Phi) is 6.86. The normalized spacial score (nSPS) is 18.3. The molecule has 5 nitrogen and oxygen atoms in total. The number of hydrogen-bond donors (Lipinski definition) is 2. The first-order valence-corrected chi connectivity index (χ1v) is 8.46. The maximum absolute atomic E-state index is 12.6. The van der Waals surface area contributed by atoms with Gasteiger partial charge in [0.1, 0.15) is 0 Å². The van der Waals surface area contributed by atoms with Crippen LogP contribution in [0.15, 0.2) is 24.3 Å². The number of hydrogen-bond acceptors (Lipinski definition) is 4. The summed E-state index contributed by atoms with van der Waals surface area (Å²) in [7, 11) is 0. The molecule has 0 radical (unpaired) electrons. The molecule has 23 heavy (non-hydrogen) atoms. The zero-order valence-corrected chi connectivity index (χ0v) is 14.1. The van der Waals surface area contributed by atoms with Gasteiger partial charge in [-0.15, -0.1) is 0 Å². The van der Waals surface area contributed by atoms with E-state index in [0.29, 0.717) is 25.3 Å². The maximum Gasteiger partial charge on any atom is 0.253 e. The number of aliphatic hydroxyl groups is 1. The van der Waals surface area contributed by atoms with Crippen LogP contribution in [-0.2, 0) is 4.74 Å². The molecule has 1 unspecified atom stereocenters. The molecule has 1 saturated heterocycles. The van der Waals surface area contributed by atoms with Crippen molar-refractivity contribution in [2.45, 2.75) is 32.8 Å². The van der Waals surface area contributed by atoms with Crippen LogP contribution in [0.2, 0.25) is 0 Å². The number of benzene rings is 1. The molecule has 1 atom stereocenters. The molecule has 1 aliphatic rings. The molecule has 2 N–H and O–H groups in total. The van der Waals surface area contributed by atoms with Crippen LogP contribution in [0.3, 0.4) is 0 Å². The molecule has 0 spiro atoms. The second-order valence-corrected chi connectivity index (χ2v) is 6.37. The minimum atomic E-state index is 0.0465. The minimum Gasteiger partial charge on any atom is -0.396 e. The van der Waals surface area contributed by atoms with E-state index in [1.165, 1.54) is 0 Å². The zero-order valence-electron chi connectivity index (χ0n) is 14.1. The van der Waals surface area contributed by atoms with Crippen LogP contribution in [0.25, 0.3) is 0 Å². The number of likely N-dealkylation sites (tertiary alicyclic amines) is 1. The van der Waals surface area contributed by atoms with Crippen molar-refractivity contribution in [1.29, 1.82) is 0 Å². The molecule has 128 valence electrons. The summed E-state index contributed by atoms with van der Waals surface area (Å²) < 4.78 is 5.50. The van der Waals surface area contributed by atoms with Crippen LogP contribution in [0.1, 0.15) is 37.0 Å². The predicted octanol–water partition coefficient (Wildman–Crippen LogP) is 2.37. The number of nitrogens with one attached hydrogen (secondary N) is 1. The molecule has 1 amide bonds. The van der Waals surface area contributed by atoms with Crippen LogP contribution >= 0.6 is 0 Å². The van der Waals surface area contributed by atoms with E-state index in [1.54, 1.807) is 0 Å². The van der Waals surface area contributed by atoms with Crippen molar-refractivity contribution < 1.29 is 14.6 Å². The fourth-order valence-electron chi connectivity index (χ4n) is 2.83. The monoisotopic (exact) mass is 320 g/mol. The van der Waals surface area contributed by atoms with Crippen molar-refractivity contribution in [3.05, 3.63) is 29.8 Å². The molecule has 5 heteroatoms. The van der Waals surface area contributed by atoms with Crippen LogP contribution in [0.4, 0.5) is 5.69 Å². The van der Waals surface area contributed by atoms with Gasteiger partial charge < -0.3 is 20.1 Å². The Morgan fingerprint density at radius 2 is 2.30 bits per heavy atom. The largest absolute Gasteiger partial charge is 0.396 e. The summed E-state index contributed by atoms with van der Waals surface area (Å²) in [5, 5.41) is 12.6. The molecule has 0 bridgehead atoms. The number of ether oxygens (including phenoxy) is 1. The number of piperidine rings is 1. The van der Waals surface area contributed by atoms with E-state index in [-0.39, 0.29) is 24.5 Å². The molecule has 0 saturated carbocycles. The summed E-state index contributed by atoms with van der Waals surface area (Å²) >= 11 is 0. The van der Waals surface area contributed by atoms with Gasteiger partial charge >= 0.3 is 0 Å². The van der Waals surface area contributed by atoms with Crippen molar-refractivity contribution in [3.8, 4) is 0 Å². The standard InChI is InChI=1S/C18H28N2O3/c1-14(2)23-10-8-19-17-7-3-6-16(11-17)18(22)20-9-4-5-15(12-20)13-21/h3,6-7,11,14-15,19,21H,4-5,8-10,12-13H2,1-2H3. The van der Waals surface area contributed by atoms with Gasteiger partial charge in [-0.2, -0.15) is 0 Å². The number of carbonyl (C=O) groups excluding carboxylic acids is 1. The van der Waals surface area contributed by atoms with E-state index in [1.807, 2.05) is 43.0 Å². The third kappa shape index (κ3) is 5.52. The molecule has 1 aromatic carbocycles. The first-order chi connectivity index (χ1) is 11.1. The number of amides is 1. The van der Waals surface area contributed by atoms with Gasteiger partial charge in [0.2, 0.25) is 0 Å². The van der Waals surface area contributed by atoms with E-state index in [0.717, 1.165) is 25.1 Å². The molecule has 1 heterocycles. The molecule has 1 fully saturated rings. The number of nitrogens with zero attached hydrogens (tertiary/aromatic N) is 1. The Morgan fingerprint density at radius 3 is 3.04 bits per heavy atom. The smallest absolute Gasteiger partial charge is 0.253 e. The van der Waals surface area contributed by atoms with Gasteiger partial charge in [0, 0.05) is 37.5 Å². The summed E-state index contributed by atoms with van der Waals surface area (Å²) in [4.78, 5) is 14.5. The Bertz CT molecular complexity index is 505. The Balaban J connectivity index is 1.91. The molecule has 0 aliphatic carbocycles. The highest BCUT2D eigenvalue weighted by atomic mass is 16.5. The lowest BCUT2D eigenvalue weighted by Crippen LogP contribution is -2.40. The maximum atomic E-state index is 12.6. The van der Waals surface area contributed by atoms with Crippen LogP contribution in [0.5, 0.6) is 0 Å². The SMILES string of the molecule is CC(C)OCCNc1cccc(C(=O)N2CCCC(CO)C2)c1.